The second-order valence-electron chi connectivity index (χ2n) is 13.3. The first-order valence-electron chi connectivity index (χ1n) is 15.2. The van der Waals surface area contributed by atoms with Gasteiger partial charge in [0.25, 0.3) is 0 Å². The van der Waals surface area contributed by atoms with E-state index in [4.69, 9.17) is 15.6 Å². The van der Waals surface area contributed by atoms with E-state index in [-0.39, 0.29) is 29.1 Å². The minimum atomic E-state index is -0.143. The van der Waals surface area contributed by atoms with E-state index in [1.54, 1.807) is 12.4 Å². The summed E-state index contributed by atoms with van der Waals surface area (Å²) in [5, 5.41) is 26.8. The third kappa shape index (κ3) is 13.4. The second kappa shape index (κ2) is 17.4. The summed E-state index contributed by atoms with van der Waals surface area (Å²) >= 11 is 2.30. The first-order chi connectivity index (χ1) is 22.3. The molecule has 0 atom stereocenters. The number of anilines is 2. The molecule has 9 nitrogen and oxygen atoms in total. The van der Waals surface area contributed by atoms with Gasteiger partial charge in [0.2, 0.25) is 11.6 Å². The quantitative estimate of drug-likeness (QED) is 0.154. The van der Waals surface area contributed by atoms with E-state index >= 15 is 0 Å². The van der Waals surface area contributed by atoms with Gasteiger partial charge in [0.05, 0.1) is 0 Å². The number of halogens is 1. The maximum absolute atomic E-state index is 9.04. The predicted octanol–water partition coefficient (Wildman–Crippen LogP) is 6.75. The summed E-state index contributed by atoms with van der Waals surface area (Å²) in [4.78, 5) is 20.9. The second-order valence-corrected chi connectivity index (χ2v) is 14.6. The van der Waals surface area contributed by atoms with Crippen LogP contribution in [0.25, 0.3) is 0 Å². The monoisotopic (exact) mass is 740 g/mol. The molecule has 0 saturated carbocycles. The molecule has 0 aliphatic heterocycles. The molecule has 0 aliphatic rings. The van der Waals surface area contributed by atoms with Gasteiger partial charge in [-0.1, -0.05) is 77.6 Å². The van der Waals surface area contributed by atoms with Gasteiger partial charge in [-0.3, -0.25) is 0 Å². The fraction of sp³-hybridized carbons (Fsp3) is 0.351. The zero-order valence-corrected chi connectivity index (χ0v) is 30.0. The lowest BCUT2D eigenvalue weighted by Gasteiger charge is -2.31. The van der Waals surface area contributed by atoms with Crippen molar-refractivity contribution in [3.8, 4) is 24.0 Å². The average molecular weight is 741 g/mol. The fourth-order valence-corrected chi connectivity index (χ4v) is 4.96. The third-order valence-corrected chi connectivity index (χ3v) is 7.11. The lowest BCUT2D eigenvalue weighted by Crippen LogP contribution is -2.33. The maximum atomic E-state index is 9.04. The molecule has 0 amide bonds. The molecule has 0 unspecified atom stereocenters. The SMILES string of the molecule is CC(C)(C)CN(Cc1ccc(C#CCO)cc1)c1ccnc(C#N)n1.CC(C)(C)CN(Cc1ccc(I)cc1)c1ccnc(C#N)n1. The number of aliphatic hydroxyl groups is 1. The summed E-state index contributed by atoms with van der Waals surface area (Å²) in [5.74, 6) is 7.44. The summed E-state index contributed by atoms with van der Waals surface area (Å²) in [7, 11) is 0. The van der Waals surface area contributed by atoms with Gasteiger partial charge in [-0.05, 0) is 80.9 Å². The van der Waals surface area contributed by atoms with E-state index in [0.717, 1.165) is 42.4 Å². The maximum Gasteiger partial charge on any atom is 0.234 e. The Labute approximate surface area is 292 Å². The molecule has 0 aliphatic carbocycles. The molecule has 0 spiro atoms. The highest BCUT2D eigenvalue weighted by Crippen LogP contribution is 2.24. The van der Waals surface area contributed by atoms with Crippen molar-refractivity contribution in [1.29, 1.82) is 10.5 Å². The highest BCUT2D eigenvalue weighted by Gasteiger charge is 2.20. The molecular weight excluding hydrogens is 699 g/mol. The van der Waals surface area contributed by atoms with Gasteiger partial charge in [0, 0.05) is 47.7 Å². The average Bonchev–Trinajstić information content (AvgIpc) is 3.04. The summed E-state index contributed by atoms with van der Waals surface area (Å²) in [5.41, 5.74) is 3.41. The molecule has 0 radical (unpaired) electrons. The lowest BCUT2D eigenvalue weighted by molar-refractivity contribution is 0.350. The Morgan fingerprint density at radius 1 is 0.681 bits per heavy atom. The van der Waals surface area contributed by atoms with Crippen LogP contribution in [0.1, 0.15) is 69.9 Å². The van der Waals surface area contributed by atoms with Gasteiger partial charge in [0.1, 0.15) is 30.4 Å². The Kier molecular flexibility index (Phi) is 13.6. The highest BCUT2D eigenvalue weighted by molar-refractivity contribution is 14.1. The van der Waals surface area contributed by atoms with E-state index in [9.17, 15) is 0 Å². The van der Waals surface area contributed by atoms with Crippen LogP contribution in [0.4, 0.5) is 11.6 Å². The molecule has 0 saturated heterocycles. The van der Waals surface area contributed by atoms with Gasteiger partial charge in [0.15, 0.2) is 0 Å². The summed E-state index contributed by atoms with van der Waals surface area (Å²) in [6.07, 6.45) is 3.26. The summed E-state index contributed by atoms with van der Waals surface area (Å²) < 4.78 is 1.22. The van der Waals surface area contributed by atoms with Gasteiger partial charge < -0.3 is 14.9 Å². The van der Waals surface area contributed by atoms with Crippen LogP contribution >= 0.6 is 22.6 Å². The molecule has 4 aromatic rings. The Bertz CT molecular complexity index is 1740. The van der Waals surface area contributed by atoms with Crippen molar-refractivity contribution in [2.45, 2.75) is 54.6 Å². The van der Waals surface area contributed by atoms with E-state index in [1.165, 1.54) is 9.13 Å². The number of nitriles is 2. The Morgan fingerprint density at radius 3 is 1.49 bits per heavy atom. The number of nitrogens with zero attached hydrogens (tertiary/aromatic N) is 8. The van der Waals surface area contributed by atoms with Crippen molar-refractivity contribution in [1.82, 2.24) is 19.9 Å². The van der Waals surface area contributed by atoms with Crippen molar-refractivity contribution in [2.75, 3.05) is 29.5 Å². The molecule has 1 N–H and O–H groups in total. The Morgan fingerprint density at radius 2 is 1.11 bits per heavy atom. The van der Waals surface area contributed by atoms with Crippen molar-refractivity contribution >= 4 is 34.2 Å². The van der Waals surface area contributed by atoms with Gasteiger partial charge in [-0.25, -0.2) is 19.9 Å². The van der Waals surface area contributed by atoms with Crippen LogP contribution in [-0.4, -0.2) is 44.7 Å². The van der Waals surface area contributed by atoms with Crippen LogP contribution in [0, 0.1) is 48.9 Å². The van der Waals surface area contributed by atoms with Gasteiger partial charge in [-0.15, -0.1) is 0 Å². The molecule has 10 heteroatoms. The van der Waals surface area contributed by atoms with E-state index < -0.39 is 0 Å². The van der Waals surface area contributed by atoms with Crippen molar-refractivity contribution in [3.63, 3.8) is 0 Å². The van der Waals surface area contributed by atoms with Crippen LogP contribution < -0.4 is 9.80 Å². The van der Waals surface area contributed by atoms with E-state index in [1.807, 2.05) is 48.5 Å². The number of aliphatic hydroxyl groups excluding tert-OH is 1. The molecule has 0 bridgehead atoms. The highest BCUT2D eigenvalue weighted by atomic mass is 127. The lowest BCUT2D eigenvalue weighted by atomic mass is 9.95. The fourth-order valence-electron chi connectivity index (χ4n) is 4.60. The summed E-state index contributed by atoms with van der Waals surface area (Å²) in [6.45, 7) is 16.0. The van der Waals surface area contributed by atoms with Gasteiger partial charge >= 0.3 is 0 Å². The molecule has 2 aromatic carbocycles. The number of hydrogen-bond acceptors (Lipinski definition) is 9. The van der Waals surface area contributed by atoms with Crippen molar-refractivity contribution in [2.24, 2.45) is 10.8 Å². The molecule has 2 heterocycles. The number of rotatable bonds is 8. The topological polar surface area (TPSA) is 126 Å². The zero-order chi connectivity index (χ0) is 34.5. The molecule has 0 fully saturated rings. The molecule has 2 aromatic heterocycles. The first kappa shape index (κ1) is 36.9. The van der Waals surface area contributed by atoms with Crippen LogP contribution in [0.3, 0.4) is 0 Å². The Balaban J connectivity index is 0.000000257. The first-order valence-corrected chi connectivity index (χ1v) is 16.3. The van der Waals surface area contributed by atoms with Crippen LogP contribution in [-0.2, 0) is 13.1 Å². The zero-order valence-electron chi connectivity index (χ0n) is 27.9. The molecule has 242 valence electrons. The third-order valence-electron chi connectivity index (χ3n) is 6.39. The minimum Gasteiger partial charge on any atom is -0.384 e. The van der Waals surface area contributed by atoms with E-state index in [2.05, 4.69) is 130 Å². The molecule has 47 heavy (non-hydrogen) atoms. The predicted molar refractivity (Wildman–Crippen MR) is 194 cm³/mol. The van der Waals surface area contributed by atoms with Crippen LogP contribution in [0.2, 0.25) is 0 Å². The standard InChI is InChI=1S/C20H22N4O.C17H19IN4/c1-20(2,3)15-24(19-10-11-22-18(13-21)23-19)14-17-8-6-16(7-9-17)5-4-12-25;1-17(2,3)12-22(11-13-4-6-14(18)7-5-13)16-8-9-20-15(10-19)21-16/h6-11,25H,12,14-15H2,1-3H3;4-9H,11-12H2,1-3H3. The van der Waals surface area contributed by atoms with Crippen molar-refractivity contribution in [3.05, 3.63) is 105 Å². The minimum absolute atomic E-state index is 0.0737. The van der Waals surface area contributed by atoms with Crippen molar-refractivity contribution < 1.29 is 5.11 Å². The van der Waals surface area contributed by atoms with Crippen LogP contribution in [0.5, 0.6) is 0 Å². The Hall–Kier alpha value is -4.57. The number of aromatic nitrogens is 4. The van der Waals surface area contributed by atoms with Gasteiger partial charge in [-0.2, -0.15) is 10.5 Å². The number of hydrogen-bond donors (Lipinski definition) is 1. The van der Waals surface area contributed by atoms with E-state index in [0.29, 0.717) is 6.54 Å². The van der Waals surface area contributed by atoms with Crippen LogP contribution in [0.15, 0.2) is 73.1 Å². The largest absolute Gasteiger partial charge is 0.384 e. The molecule has 4 rings (SSSR count). The number of benzene rings is 2. The smallest absolute Gasteiger partial charge is 0.234 e. The normalized spacial score (nSPS) is 10.8. The molecular formula is C37H41IN8O. The summed E-state index contributed by atoms with van der Waals surface area (Å²) in [6, 6.07) is 24.1.